The number of carboxylic acid groups (broad SMARTS) is 1. The van der Waals surface area contributed by atoms with Gasteiger partial charge in [-0.2, -0.15) is 0 Å². The molecule has 1 fully saturated rings. The monoisotopic (exact) mass is 348 g/mol. The molecule has 0 radical (unpaired) electrons. The van der Waals surface area contributed by atoms with E-state index >= 15 is 0 Å². The van der Waals surface area contributed by atoms with Crippen molar-refractivity contribution in [3.05, 3.63) is 11.1 Å². The number of carboxylic acids is 1. The fourth-order valence-electron chi connectivity index (χ4n) is 2.60. The standard InChI is InChI=1S/C13H20N2O5S2/c1-3-20-13(4-6-22(18,19)7-5-13)9-15(2)12-14-10(8-21-12)11(16)17/h8H,3-7,9H2,1-2H3,(H,16,17). The highest BCUT2D eigenvalue weighted by Gasteiger charge is 2.39. The van der Waals surface area contributed by atoms with Gasteiger partial charge in [0.1, 0.15) is 0 Å². The molecule has 1 aromatic heterocycles. The molecule has 1 saturated heterocycles. The summed E-state index contributed by atoms with van der Waals surface area (Å²) in [6.45, 7) is 2.88. The lowest BCUT2D eigenvalue weighted by Crippen LogP contribution is -2.49. The molecule has 1 aliphatic heterocycles. The van der Waals surface area contributed by atoms with Crippen LogP contribution in [0.5, 0.6) is 0 Å². The van der Waals surface area contributed by atoms with Gasteiger partial charge in [0.15, 0.2) is 20.7 Å². The summed E-state index contributed by atoms with van der Waals surface area (Å²) in [4.78, 5) is 16.8. The van der Waals surface area contributed by atoms with Crippen LogP contribution in [0.3, 0.4) is 0 Å². The van der Waals surface area contributed by atoms with Gasteiger partial charge in [0.2, 0.25) is 0 Å². The number of likely N-dealkylation sites (N-methyl/N-ethyl adjacent to an activating group) is 1. The predicted molar refractivity (Wildman–Crippen MR) is 84.6 cm³/mol. The number of sulfone groups is 1. The van der Waals surface area contributed by atoms with Crippen LogP contribution in [0.25, 0.3) is 0 Å². The molecule has 7 nitrogen and oxygen atoms in total. The molecular formula is C13H20N2O5S2. The van der Waals surface area contributed by atoms with Crippen molar-refractivity contribution >= 4 is 32.3 Å². The van der Waals surface area contributed by atoms with Crippen molar-refractivity contribution in [3.63, 3.8) is 0 Å². The van der Waals surface area contributed by atoms with Gasteiger partial charge in [-0.1, -0.05) is 0 Å². The highest BCUT2D eigenvalue weighted by atomic mass is 32.2. The van der Waals surface area contributed by atoms with Gasteiger partial charge in [0.05, 0.1) is 17.1 Å². The number of rotatable bonds is 6. The maximum absolute atomic E-state index is 11.6. The normalized spacial score (nSPS) is 19.7. The maximum atomic E-state index is 11.6. The zero-order chi connectivity index (χ0) is 16.4. The zero-order valence-electron chi connectivity index (χ0n) is 12.6. The van der Waals surface area contributed by atoms with E-state index in [1.165, 1.54) is 16.7 Å². The molecule has 22 heavy (non-hydrogen) atoms. The first-order valence-electron chi connectivity index (χ1n) is 7.01. The molecule has 1 N–H and O–H groups in total. The molecule has 0 atom stereocenters. The average Bonchev–Trinajstić information content (AvgIpc) is 2.93. The molecule has 0 bridgehead atoms. The van der Waals surface area contributed by atoms with Crippen LogP contribution in [0.15, 0.2) is 5.38 Å². The average molecular weight is 348 g/mol. The molecule has 0 saturated carbocycles. The Morgan fingerprint density at radius 1 is 1.50 bits per heavy atom. The van der Waals surface area contributed by atoms with Crippen molar-refractivity contribution < 1.29 is 23.1 Å². The number of ether oxygens (including phenoxy) is 1. The van der Waals surface area contributed by atoms with E-state index in [2.05, 4.69) is 4.98 Å². The van der Waals surface area contributed by atoms with Gasteiger partial charge in [-0.15, -0.1) is 11.3 Å². The second-order valence-corrected chi connectivity index (χ2v) is 8.58. The summed E-state index contributed by atoms with van der Waals surface area (Å²) in [7, 11) is -1.16. The van der Waals surface area contributed by atoms with E-state index in [0.29, 0.717) is 31.1 Å². The number of aromatic carboxylic acids is 1. The predicted octanol–water partition coefficient (Wildman–Crippen LogP) is 1.26. The number of thiazole rings is 1. The second-order valence-electron chi connectivity index (χ2n) is 5.44. The topological polar surface area (TPSA) is 96.8 Å². The van der Waals surface area contributed by atoms with Crippen molar-refractivity contribution in [2.45, 2.75) is 25.4 Å². The minimum Gasteiger partial charge on any atom is -0.476 e. The van der Waals surface area contributed by atoms with E-state index in [0.717, 1.165) is 0 Å². The third kappa shape index (κ3) is 3.96. The van der Waals surface area contributed by atoms with Gasteiger partial charge in [-0.25, -0.2) is 18.2 Å². The Hall–Kier alpha value is -1.19. The van der Waals surface area contributed by atoms with Crippen LogP contribution < -0.4 is 4.90 Å². The van der Waals surface area contributed by atoms with Crippen LogP contribution in [0.4, 0.5) is 5.13 Å². The summed E-state index contributed by atoms with van der Waals surface area (Å²) in [6.07, 6.45) is 0.898. The molecular weight excluding hydrogens is 328 g/mol. The van der Waals surface area contributed by atoms with E-state index < -0.39 is 21.4 Å². The van der Waals surface area contributed by atoms with Gasteiger partial charge in [0.25, 0.3) is 0 Å². The Bertz CT molecular complexity index is 627. The number of hydrogen-bond acceptors (Lipinski definition) is 7. The quantitative estimate of drug-likeness (QED) is 0.826. The van der Waals surface area contributed by atoms with Gasteiger partial charge < -0.3 is 14.7 Å². The summed E-state index contributed by atoms with van der Waals surface area (Å²) >= 11 is 1.25. The zero-order valence-corrected chi connectivity index (χ0v) is 14.2. The molecule has 124 valence electrons. The Morgan fingerprint density at radius 2 is 2.14 bits per heavy atom. The van der Waals surface area contributed by atoms with Crippen molar-refractivity contribution in [1.82, 2.24) is 4.98 Å². The van der Waals surface area contributed by atoms with E-state index in [-0.39, 0.29) is 17.2 Å². The summed E-state index contributed by atoms with van der Waals surface area (Å²) < 4.78 is 29.1. The molecule has 2 rings (SSSR count). The molecule has 0 aliphatic carbocycles. The summed E-state index contributed by atoms with van der Waals surface area (Å²) in [6, 6.07) is 0. The fourth-order valence-corrected chi connectivity index (χ4v) is 4.94. The smallest absolute Gasteiger partial charge is 0.355 e. The van der Waals surface area contributed by atoms with Crippen molar-refractivity contribution in [2.75, 3.05) is 36.6 Å². The molecule has 0 amide bonds. The van der Waals surface area contributed by atoms with Crippen LogP contribution in [0.2, 0.25) is 0 Å². The first-order chi connectivity index (χ1) is 10.3. The Morgan fingerprint density at radius 3 is 2.64 bits per heavy atom. The summed E-state index contributed by atoms with van der Waals surface area (Å²) in [5.74, 6) is -0.808. The molecule has 1 aliphatic rings. The summed E-state index contributed by atoms with van der Waals surface area (Å²) in [5, 5.41) is 11.0. The lowest BCUT2D eigenvalue weighted by Gasteiger charge is -2.39. The van der Waals surface area contributed by atoms with Crippen molar-refractivity contribution in [2.24, 2.45) is 0 Å². The van der Waals surface area contributed by atoms with E-state index in [1.54, 1.807) is 0 Å². The molecule has 0 spiro atoms. The van der Waals surface area contributed by atoms with Gasteiger partial charge in [0, 0.05) is 25.6 Å². The first kappa shape index (κ1) is 17.2. The van der Waals surface area contributed by atoms with E-state index in [4.69, 9.17) is 9.84 Å². The van der Waals surface area contributed by atoms with Crippen LogP contribution in [0.1, 0.15) is 30.3 Å². The molecule has 0 aromatic carbocycles. The highest BCUT2D eigenvalue weighted by Crippen LogP contribution is 2.31. The van der Waals surface area contributed by atoms with Gasteiger partial charge in [-0.05, 0) is 19.8 Å². The number of nitrogens with zero attached hydrogens (tertiary/aromatic N) is 2. The Labute approximate surface area is 133 Å². The van der Waals surface area contributed by atoms with Crippen molar-refractivity contribution in [3.8, 4) is 0 Å². The van der Waals surface area contributed by atoms with Gasteiger partial charge >= 0.3 is 5.97 Å². The molecule has 0 unspecified atom stereocenters. The molecule has 1 aromatic rings. The minimum atomic E-state index is -2.97. The summed E-state index contributed by atoms with van der Waals surface area (Å²) in [5.41, 5.74) is -0.507. The first-order valence-corrected chi connectivity index (χ1v) is 9.71. The Kier molecular flexibility index (Phi) is 5.08. The largest absolute Gasteiger partial charge is 0.476 e. The Balaban J connectivity index is 2.11. The number of carbonyl (C=O) groups is 1. The van der Waals surface area contributed by atoms with E-state index in [9.17, 15) is 13.2 Å². The highest BCUT2D eigenvalue weighted by molar-refractivity contribution is 7.91. The van der Waals surface area contributed by atoms with Crippen LogP contribution in [-0.2, 0) is 14.6 Å². The third-order valence-electron chi connectivity index (χ3n) is 3.75. The maximum Gasteiger partial charge on any atom is 0.355 e. The third-order valence-corrected chi connectivity index (χ3v) is 6.36. The lowest BCUT2D eigenvalue weighted by atomic mass is 9.96. The fraction of sp³-hybridized carbons (Fsp3) is 0.692. The second kappa shape index (κ2) is 6.51. The molecule has 9 heteroatoms. The molecule has 2 heterocycles. The van der Waals surface area contributed by atoms with Crippen LogP contribution in [-0.4, -0.2) is 61.8 Å². The van der Waals surface area contributed by atoms with E-state index in [1.807, 2.05) is 18.9 Å². The van der Waals surface area contributed by atoms with Gasteiger partial charge in [-0.3, -0.25) is 0 Å². The number of hydrogen-bond donors (Lipinski definition) is 1. The van der Waals surface area contributed by atoms with Crippen molar-refractivity contribution in [1.29, 1.82) is 0 Å². The lowest BCUT2D eigenvalue weighted by molar-refractivity contribution is -0.0395. The minimum absolute atomic E-state index is 0.0172. The SMILES string of the molecule is CCOC1(CN(C)c2nc(C(=O)O)cs2)CCS(=O)(=O)CC1. The number of anilines is 1. The van der Waals surface area contributed by atoms with Crippen LogP contribution in [0, 0.1) is 0 Å². The number of aromatic nitrogens is 1. The van der Waals surface area contributed by atoms with Crippen LogP contribution >= 0.6 is 11.3 Å².